The fourth-order valence-electron chi connectivity index (χ4n) is 1.93. The molecule has 0 atom stereocenters. The molecule has 25 heavy (non-hydrogen) atoms. The van der Waals surface area contributed by atoms with E-state index in [4.69, 9.17) is 4.42 Å². The SMILES string of the molecule is CCNC(=NCc1ncc(-c2ccccc2)o1)NCCC(F)(F)F.I. The predicted octanol–water partition coefficient (Wildman–Crippen LogP) is 3.97. The smallest absolute Gasteiger partial charge is 0.390 e. The quantitative estimate of drug-likeness (QED) is 0.383. The summed E-state index contributed by atoms with van der Waals surface area (Å²) in [4.78, 5) is 8.32. The number of rotatable bonds is 6. The monoisotopic (exact) mass is 468 g/mol. The number of oxazole rings is 1. The van der Waals surface area contributed by atoms with E-state index in [9.17, 15) is 13.2 Å². The molecule has 1 aromatic carbocycles. The summed E-state index contributed by atoms with van der Waals surface area (Å²) in [6, 6.07) is 9.49. The maximum absolute atomic E-state index is 12.2. The van der Waals surface area contributed by atoms with E-state index in [0.29, 0.717) is 24.2 Å². The average molecular weight is 468 g/mol. The molecule has 0 radical (unpaired) electrons. The third-order valence-electron chi connectivity index (χ3n) is 3.03. The van der Waals surface area contributed by atoms with Crippen LogP contribution >= 0.6 is 24.0 Å². The van der Waals surface area contributed by atoms with Crippen molar-refractivity contribution in [2.24, 2.45) is 4.99 Å². The highest BCUT2D eigenvalue weighted by atomic mass is 127. The first-order valence-electron chi connectivity index (χ1n) is 7.57. The molecule has 138 valence electrons. The van der Waals surface area contributed by atoms with Gasteiger partial charge in [0.2, 0.25) is 5.89 Å². The van der Waals surface area contributed by atoms with Crippen molar-refractivity contribution in [3.8, 4) is 11.3 Å². The van der Waals surface area contributed by atoms with Crippen LogP contribution in [0.25, 0.3) is 11.3 Å². The zero-order valence-corrected chi connectivity index (χ0v) is 16.0. The molecule has 0 amide bonds. The van der Waals surface area contributed by atoms with Gasteiger partial charge in [-0.1, -0.05) is 30.3 Å². The van der Waals surface area contributed by atoms with Crippen molar-refractivity contribution in [1.29, 1.82) is 0 Å². The van der Waals surface area contributed by atoms with Crippen molar-refractivity contribution < 1.29 is 17.6 Å². The van der Waals surface area contributed by atoms with Crippen molar-refractivity contribution in [2.75, 3.05) is 13.1 Å². The summed E-state index contributed by atoms with van der Waals surface area (Å²) in [6.07, 6.45) is -3.52. The number of halogens is 4. The van der Waals surface area contributed by atoms with Gasteiger partial charge in [-0.2, -0.15) is 13.2 Å². The summed E-state index contributed by atoms with van der Waals surface area (Å²) in [5, 5.41) is 5.52. The fourth-order valence-corrected chi connectivity index (χ4v) is 1.93. The first-order valence-corrected chi connectivity index (χ1v) is 7.57. The highest BCUT2D eigenvalue weighted by Crippen LogP contribution is 2.20. The summed E-state index contributed by atoms with van der Waals surface area (Å²) < 4.78 is 42.1. The minimum atomic E-state index is -4.20. The number of nitrogens with one attached hydrogen (secondary N) is 2. The second kappa shape index (κ2) is 10.3. The third-order valence-corrected chi connectivity index (χ3v) is 3.03. The molecule has 0 spiro atoms. The van der Waals surface area contributed by atoms with E-state index in [1.54, 1.807) is 6.20 Å². The summed E-state index contributed by atoms with van der Waals surface area (Å²) in [5.74, 6) is 1.30. The summed E-state index contributed by atoms with van der Waals surface area (Å²) >= 11 is 0. The van der Waals surface area contributed by atoms with Crippen LogP contribution in [0.1, 0.15) is 19.2 Å². The van der Waals surface area contributed by atoms with Crippen molar-refractivity contribution in [3.63, 3.8) is 0 Å². The number of hydrogen-bond donors (Lipinski definition) is 2. The van der Waals surface area contributed by atoms with Crippen LogP contribution in [0.3, 0.4) is 0 Å². The Morgan fingerprint density at radius 3 is 2.56 bits per heavy atom. The van der Waals surface area contributed by atoms with Crippen LogP contribution in [0.15, 0.2) is 45.9 Å². The van der Waals surface area contributed by atoms with Gasteiger partial charge in [0.25, 0.3) is 0 Å². The molecule has 0 aliphatic rings. The van der Waals surface area contributed by atoms with Crippen LogP contribution < -0.4 is 10.6 Å². The molecule has 2 N–H and O–H groups in total. The third kappa shape index (κ3) is 7.76. The summed E-state index contributed by atoms with van der Waals surface area (Å²) in [7, 11) is 0. The maximum Gasteiger partial charge on any atom is 0.390 e. The Kier molecular flexibility index (Phi) is 8.73. The lowest BCUT2D eigenvalue weighted by Crippen LogP contribution is -2.38. The number of alkyl halides is 3. The zero-order chi connectivity index (χ0) is 17.4. The molecule has 0 saturated carbocycles. The van der Waals surface area contributed by atoms with Gasteiger partial charge in [0, 0.05) is 18.7 Å². The van der Waals surface area contributed by atoms with E-state index in [0.717, 1.165) is 5.56 Å². The predicted molar refractivity (Wildman–Crippen MR) is 101 cm³/mol. The van der Waals surface area contributed by atoms with Crippen molar-refractivity contribution in [1.82, 2.24) is 15.6 Å². The zero-order valence-electron chi connectivity index (χ0n) is 13.6. The molecule has 2 aromatic rings. The van der Waals surface area contributed by atoms with E-state index >= 15 is 0 Å². The Hall–Kier alpha value is -1.78. The fraction of sp³-hybridized carbons (Fsp3) is 0.375. The van der Waals surface area contributed by atoms with E-state index < -0.39 is 12.6 Å². The Morgan fingerprint density at radius 1 is 1.20 bits per heavy atom. The molecular formula is C16H20F3IN4O. The molecule has 0 fully saturated rings. The van der Waals surface area contributed by atoms with Gasteiger partial charge in [-0.05, 0) is 6.92 Å². The topological polar surface area (TPSA) is 62.5 Å². The molecular weight excluding hydrogens is 448 g/mol. The van der Waals surface area contributed by atoms with Crippen molar-refractivity contribution >= 4 is 29.9 Å². The van der Waals surface area contributed by atoms with Crippen LogP contribution in [0.4, 0.5) is 13.2 Å². The first kappa shape index (κ1) is 21.3. The Balaban J connectivity index is 0.00000312. The van der Waals surface area contributed by atoms with Gasteiger partial charge in [0.1, 0.15) is 6.54 Å². The van der Waals surface area contributed by atoms with Crippen LogP contribution in [0.5, 0.6) is 0 Å². The van der Waals surface area contributed by atoms with Crippen molar-refractivity contribution in [3.05, 3.63) is 42.4 Å². The van der Waals surface area contributed by atoms with Gasteiger partial charge in [0.15, 0.2) is 11.7 Å². The van der Waals surface area contributed by atoms with Gasteiger partial charge in [-0.25, -0.2) is 9.98 Å². The molecule has 0 bridgehead atoms. The maximum atomic E-state index is 12.2. The molecule has 0 saturated heterocycles. The highest BCUT2D eigenvalue weighted by molar-refractivity contribution is 14.0. The Morgan fingerprint density at radius 2 is 1.92 bits per heavy atom. The normalized spacial score (nSPS) is 11.8. The molecule has 5 nitrogen and oxygen atoms in total. The number of aromatic nitrogens is 1. The number of hydrogen-bond acceptors (Lipinski definition) is 3. The number of nitrogens with zero attached hydrogens (tertiary/aromatic N) is 2. The second-order valence-corrected chi connectivity index (χ2v) is 4.97. The lowest BCUT2D eigenvalue weighted by molar-refractivity contribution is -0.132. The average Bonchev–Trinajstić information content (AvgIpc) is 3.01. The molecule has 0 aliphatic heterocycles. The van der Waals surface area contributed by atoms with E-state index in [1.807, 2.05) is 37.3 Å². The molecule has 0 aliphatic carbocycles. The second-order valence-electron chi connectivity index (χ2n) is 4.97. The number of benzene rings is 1. The van der Waals surface area contributed by atoms with Crippen molar-refractivity contribution in [2.45, 2.75) is 26.1 Å². The number of aliphatic imine (C=N–C) groups is 1. The van der Waals surface area contributed by atoms with Gasteiger partial charge in [0.05, 0.1) is 12.6 Å². The molecule has 1 aromatic heterocycles. The molecule has 2 rings (SSSR count). The van der Waals surface area contributed by atoms with Crippen LogP contribution in [-0.4, -0.2) is 30.2 Å². The van der Waals surface area contributed by atoms with Gasteiger partial charge in [-0.15, -0.1) is 24.0 Å². The minimum Gasteiger partial charge on any atom is -0.439 e. The van der Waals surface area contributed by atoms with Crippen LogP contribution in [-0.2, 0) is 6.54 Å². The lowest BCUT2D eigenvalue weighted by atomic mass is 10.2. The summed E-state index contributed by atoms with van der Waals surface area (Å²) in [5.41, 5.74) is 0.899. The Labute approximate surface area is 161 Å². The standard InChI is InChI=1S/C16H19F3N4O.HI/c1-2-20-15(21-9-8-16(17,18)19)23-11-14-22-10-13(24-14)12-6-4-3-5-7-12;/h3-7,10H,2,8-9,11H2,1H3,(H2,20,21,23);1H. The molecule has 1 heterocycles. The Bertz CT molecular complexity index is 659. The largest absolute Gasteiger partial charge is 0.439 e. The van der Waals surface area contributed by atoms with E-state index in [1.165, 1.54) is 0 Å². The first-order chi connectivity index (χ1) is 11.5. The van der Waals surface area contributed by atoms with E-state index in [-0.39, 0.29) is 37.1 Å². The molecule has 9 heteroatoms. The van der Waals surface area contributed by atoms with Gasteiger partial charge >= 0.3 is 6.18 Å². The van der Waals surface area contributed by atoms with E-state index in [2.05, 4.69) is 20.6 Å². The summed E-state index contributed by atoms with van der Waals surface area (Å²) in [6.45, 7) is 2.27. The van der Waals surface area contributed by atoms with Crippen LogP contribution in [0.2, 0.25) is 0 Å². The van der Waals surface area contributed by atoms with Gasteiger partial charge < -0.3 is 15.1 Å². The minimum absolute atomic E-state index is 0. The van der Waals surface area contributed by atoms with Crippen LogP contribution in [0, 0.1) is 0 Å². The molecule has 0 unspecified atom stereocenters. The highest BCUT2D eigenvalue weighted by Gasteiger charge is 2.26. The van der Waals surface area contributed by atoms with Gasteiger partial charge in [-0.3, -0.25) is 0 Å². The lowest BCUT2D eigenvalue weighted by Gasteiger charge is -2.11. The number of guanidine groups is 1.